The van der Waals surface area contributed by atoms with Crippen LogP contribution < -0.4 is 29.8 Å². The molecule has 3 aliphatic heterocycles. The van der Waals surface area contributed by atoms with Crippen molar-refractivity contribution >= 4 is 37.6 Å². The highest BCUT2D eigenvalue weighted by Crippen LogP contribution is 2.49. The van der Waals surface area contributed by atoms with Crippen molar-refractivity contribution in [3.63, 3.8) is 0 Å². The zero-order valence-corrected chi connectivity index (χ0v) is 31.4. The molecule has 0 radical (unpaired) electrons. The van der Waals surface area contributed by atoms with Crippen LogP contribution in [-0.2, 0) is 25.0 Å². The van der Waals surface area contributed by atoms with Crippen LogP contribution in [0.2, 0.25) is 0 Å². The van der Waals surface area contributed by atoms with Crippen LogP contribution in [0.1, 0.15) is 89.7 Å². The summed E-state index contributed by atoms with van der Waals surface area (Å²) in [5.41, 5.74) is 2.23. The molecule has 2 unspecified atom stereocenters. The summed E-state index contributed by atoms with van der Waals surface area (Å²) in [6, 6.07) is 9.86. The van der Waals surface area contributed by atoms with Crippen LogP contribution in [0.3, 0.4) is 0 Å². The highest BCUT2D eigenvalue weighted by atomic mass is 32.2. The number of rotatable bonds is 11. The van der Waals surface area contributed by atoms with E-state index in [1.807, 2.05) is 26.0 Å². The van der Waals surface area contributed by atoms with Crippen LogP contribution in [0, 0.1) is 0 Å². The Morgan fingerprint density at radius 1 is 0.962 bits per heavy atom. The third kappa shape index (κ3) is 7.77. The van der Waals surface area contributed by atoms with E-state index in [0.717, 1.165) is 17.7 Å². The second-order valence-electron chi connectivity index (χ2n) is 15.2. The highest BCUT2D eigenvalue weighted by Gasteiger charge is 2.43. The molecule has 1 aromatic heterocycles. The van der Waals surface area contributed by atoms with E-state index in [1.54, 1.807) is 12.1 Å². The topological polar surface area (TPSA) is 208 Å². The average Bonchev–Trinajstić information content (AvgIpc) is 3.32. The molecule has 0 aliphatic carbocycles. The molecule has 0 fully saturated rings. The number of nitrogens with zero attached hydrogens (tertiary/aromatic N) is 4. The van der Waals surface area contributed by atoms with Gasteiger partial charge in [-0.15, -0.1) is 4.73 Å². The molecular weight excluding hydrogens is 717 g/mol. The number of hydrogen-bond acceptors (Lipinski definition) is 11. The van der Waals surface area contributed by atoms with Gasteiger partial charge in [0.05, 0.1) is 24.0 Å². The van der Waals surface area contributed by atoms with E-state index in [4.69, 9.17) is 14.6 Å². The van der Waals surface area contributed by atoms with Crippen LogP contribution in [-0.4, -0.2) is 82.5 Å². The summed E-state index contributed by atoms with van der Waals surface area (Å²) >= 11 is 0. The molecule has 4 N–H and O–H groups in total. The Balaban J connectivity index is 1.39. The van der Waals surface area contributed by atoms with E-state index in [1.165, 1.54) is 12.1 Å². The van der Waals surface area contributed by atoms with Gasteiger partial charge in [0.2, 0.25) is 17.1 Å². The molecule has 6 rings (SSSR count). The molecule has 0 bridgehead atoms. The van der Waals surface area contributed by atoms with Crippen molar-refractivity contribution in [2.45, 2.75) is 89.6 Å². The number of carbonyl (C=O) groups is 1. The smallest absolute Gasteiger partial charge is 0.333 e. The molecule has 17 heteroatoms. The van der Waals surface area contributed by atoms with Crippen molar-refractivity contribution in [1.82, 2.24) is 9.31 Å². The third-order valence-electron chi connectivity index (χ3n) is 10.2. The van der Waals surface area contributed by atoms with Gasteiger partial charge < -0.3 is 24.7 Å². The van der Waals surface area contributed by atoms with Crippen molar-refractivity contribution < 1.29 is 50.5 Å². The van der Waals surface area contributed by atoms with Crippen molar-refractivity contribution in [3.8, 4) is 23.3 Å². The van der Waals surface area contributed by atoms with Crippen LogP contribution in [0.5, 0.6) is 23.3 Å². The molecule has 282 valence electrons. The second-order valence-corrected chi connectivity index (χ2v) is 18.3. The van der Waals surface area contributed by atoms with Gasteiger partial charge in [0.25, 0.3) is 20.2 Å². The summed E-state index contributed by atoms with van der Waals surface area (Å²) in [6.45, 7) is 11.0. The lowest BCUT2D eigenvalue weighted by atomic mass is 9.79. The van der Waals surface area contributed by atoms with Crippen molar-refractivity contribution in [2.24, 2.45) is 4.99 Å². The van der Waals surface area contributed by atoms with E-state index in [-0.39, 0.29) is 30.1 Å². The fourth-order valence-electron chi connectivity index (χ4n) is 8.05. The number of hydrogen-bond donors (Lipinski definition) is 4. The average molecular weight is 762 g/mol. The summed E-state index contributed by atoms with van der Waals surface area (Å²) in [4.78, 5) is 24.8. The Kier molecular flexibility index (Phi) is 9.64. The van der Waals surface area contributed by atoms with Gasteiger partial charge >= 0.3 is 5.97 Å². The predicted octanol–water partition coefficient (Wildman–Crippen LogP) is 3.41. The molecule has 3 aromatic rings. The maximum Gasteiger partial charge on any atom is 0.333 e. The SMILES string of the molecule is CC1CC(C)(C)N(CCCS(=O)(=O)O)c2cc3c(cc21)N=c1cc2c(cc1O3)=[N+](CCCC(=O)On1c(O)ccc1O)C(C)(C)CC2CS(=O)(=O)O. The first-order chi connectivity index (χ1) is 24.1. The molecule has 15 nitrogen and oxygen atoms in total. The minimum atomic E-state index is -4.35. The molecule has 52 heavy (non-hydrogen) atoms. The molecule has 0 saturated heterocycles. The van der Waals surface area contributed by atoms with Gasteiger partial charge in [-0.2, -0.15) is 16.8 Å². The minimum Gasteiger partial charge on any atom is -0.492 e. The van der Waals surface area contributed by atoms with E-state index in [9.17, 15) is 40.9 Å². The summed E-state index contributed by atoms with van der Waals surface area (Å²) in [6.07, 6.45) is 1.66. The lowest BCUT2D eigenvalue weighted by molar-refractivity contribution is -0.145. The Bertz CT molecular complexity index is 2260. The number of ether oxygens (including phenoxy) is 1. The van der Waals surface area contributed by atoms with Crippen LogP contribution >= 0.6 is 0 Å². The van der Waals surface area contributed by atoms with E-state index >= 15 is 0 Å². The zero-order valence-electron chi connectivity index (χ0n) is 29.7. The Labute approximate surface area is 302 Å². The monoisotopic (exact) mass is 761 g/mol. The number of benzene rings is 2. The van der Waals surface area contributed by atoms with Gasteiger partial charge in [-0.25, -0.2) is 14.4 Å². The number of aromatic nitrogens is 1. The molecule has 0 saturated carbocycles. The standard InChI is InChI=1S/C35H44N4O11S2/c1-21-18-34(2,3)38(12-7-13-51(43,44)45)27-16-29-25(14-23(21)27)36-26-15-24-22(20-52(46,47)48)19-35(4,5)37(28(24)17-30(26)49-29)11-6-8-33(42)50-39-31(40)9-10-32(39)41/h9-10,14-17,21-22,36H,6-8,11-13,18-20H2,1-5H3,(H2,43,44,45,46,47,48)/p+1. The summed E-state index contributed by atoms with van der Waals surface area (Å²) < 4.78 is 75.8. The quantitative estimate of drug-likeness (QED) is 0.128. The number of anilines is 1. The number of fused-ring (bicyclic) bond motifs is 4. The zero-order chi connectivity index (χ0) is 38.0. The molecule has 0 amide bonds. The van der Waals surface area contributed by atoms with Crippen LogP contribution in [0.4, 0.5) is 11.4 Å². The fourth-order valence-corrected chi connectivity index (χ4v) is 9.35. The van der Waals surface area contributed by atoms with Gasteiger partial charge in [0, 0.05) is 60.3 Å². The van der Waals surface area contributed by atoms with Crippen LogP contribution in [0.25, 0.3) is 0 Å². The van der Waals surface area contributed by atoms with Gasteiger partial charge in [0.1, 0.15) is 17.6 Å². The summed E-state index contributed by atoms with van der Waals surface area (Å²) in [5.74, 6) is -1.87. The lowest BCUT2D eigenvalue weighted by Crippen LogP contribution is -2.54. The number of aromatic hydroxyl groups is 2. The first kappa shape index (κ1) is 37.6. The second kappa shape index (κ2) is 13.3. The predicted molar refractivity (Wildman–Crippen MR) is 191 cm³/mol. The van der Waals surface area contributed by atoms with Gasteiger partial charge in [0.15, 0.2) is 17.0 Å². The van der Waals surface area contributed by atoms with Crippen molar-refractivity contribution in [3.05, 3.63) is 58.2 Å². The first-order valence-electron chi connectivity index (χ1n) is 17.1. The maximum atomic E-state index is 12.6. The molecule has 2 atom stereocenters. The first-order valence-corrected chi connectivity index (χ1v) is 20.4. The van der Waals surface area contributed by atoms with Crippen LogP contribution in [0.15, 0.2) is 41.4 Å². The van der Waals surface area contributed by atoms with E-state index < -0.39 is 55.2 Å². The minimum absolute atomic E-state index is 0.0574. The third-order valence-corrected chi connectivity index (χ3v) is 11.8. The Hall–Kier alpha value is -4.19. The van der Waals surface area contributed by atoms with Gasteiger partial charge in [-0.3, -0.25) is 9.11 Å². The Morgan fingerprint density at radius 3 is 2.31 bits per heavy atom. The number of carbonyl (C=O) groups excluding carboxylic acids is 1. The fraction of sp³-hybridized carbons (Fsp3) is 0.514. The molecule has 2 aromatic carbocycles. The maximum absolute atomic E-state index is 12.6. The van der Waals surface area contributed by atoms with Gasteiger partial charge in [-0.1, -0.05) is 6.92 Å². The summed E-state index contributed by atoms with van der Waals surface area (Å²) in [5, 5.41) is 20.8. The van der Waals surface area contributed by atoms with Crippen molar-refractivity contribution in [1.29, 1.82) is 0 Å². The normalized spacial score (nSPS) is 20.1. The summed E-state index contributed by atoms with van der Waals surface area (Å²) in [7, 11) is -8.46. The highest BCUT2D eigenvalue weighted by molar-refractivity contribution is 7.86. The molecule has 0 spiro atoms. The van der Waals surface area contributed by atoms with Gasteiger partial charge in [-0.05, 0) is 64.2 Å². The molecule has 3 aliphatic rings. The Morgan fingerprint density at radius 2 is 1.65 bits per heavy atom. The molecular formula is C35H45N4O11S2+. The largest absolute Gasteiger partial charge is 0.492 e. The lowest BCUT2D eigenvalue weighted by Gasteiger charge is -2.48. The molecule has 4 heterocycles. The van der Waals surface area contributed by atoms with E-state index in [2.05, 4.69) is 30.2 Å². The van der Waals surface area contributed by atoms with E-state index in [0.29, 0.717) is 64.1 Å². The van der Waals surface area contributed by atoms with Crippen molar-refractivity contribution in [2.75, 3.05) is 29.5 Å².